The van der Waals surface area contributed by atoms with Crippen LogP contribution >= 0.6 is 0 Å². The molecule has 0 saturated heterocycles. The highest BCUT2D eigenvalue weighted by molar-refractivity contribution is 5.94. The molecule has 0 unspecified atom stereocenters. The topological polar surface area (TPSA) is 84.1 Å². The van der Waals surface area contributed by atoms with E-state index in [2.05, 4.69) is 20.2 Å². The normalized spacial score (nSPS) is 14.4. The van der Waals surface area contributed by atoms with E-state index < -0.39 is 11.9 Å². The Bertz CT molecular complexity index is 805. The number of nitrogens with two attached hydrogens (primary N) is 1. The van der Waals surface area contributed by atoms with E-state index in [0.717, 1.165) is 24.9 Å². The summed E-state index contributed by atoms with van der Waals surface area (Å²) >= 11 is 0. The molecule has 1 aromatic carbocycles. The molecule has 3 rings (SSSR count). The van der Waals surface area contributed by atoms with E-state index in [0.29, 0.717) is 23.1 Å². The second-order valence-corrected chi connectivity index (χ2v) is 6.62. The minimum atomic E-state index is -0.586. The lowest BCUT2D eigenvalue weighted by atomic mass is 10.1. The van der Waals surface area contributed by atoms with Crippen molar-refractivity contribution in [2.24, 2.45) is 5.73 Å². The maximum absolute atomic E-state index is 14.1. The number of hydrogen-bond acceptors (Lipinski definition) is 5. The molecule has 1 aliphatic rings. The van der Waals surface area contributed by atoms with Crippen LogP contribution in [0.2, 0.25) is 0 Å². The highest BCUT2D eigenvalue weighted by atomic mass is 19.1. The number of aromatic nitrogens is 2. The first kappa shape index (κ1) is 18.1. The summed E-state index contributed by atoms with van der Waals surface area (Å²) in [6, 6.07) is 6.82. The van der Waals surface area contributed by atoms with Gasteiger partial charge >= 0.3 is 0 Å². The first-order chi connectivity index (χ1) is 12.5. The predicted molar refractivity (Wildman–Crippen MR) is 100 cm³/mol. The number of anilines is 3. The van der Waals surface area contributed by atoms with Crippen LogP contribution in [0.4, 0.5) is 21.8 Å². The highest BCUT2D eigenvalue weighted by Gasteiger charge is 2.23. The third-order valence-electron chi connectivity index (χ3n) is 4.85. The Kier molecular flexibility index (Phi) is 5.35. The lowest BCUT2D eigenvalue weighted by Gasteiger charge is -2.29. The Morgan fingerprint density at radius 3 is 2.69 bits per heavy atom. The molecule has 2 aromatic rings. The number of amides is 1. The van der Waals surface area contributed by atoms with Crippen molar-refractivity contribution in [3.8, 4) is 0 Å². The second-order valence-electron chi connectivity index (χ2n) is 6.62. The number of carbonyl (C=O) groups excluding carboxylic acids is 1. The van der Waals surface area contributed by atoms with Gasteiger partial charge in [0.15, 0.2) is 0 Å². The Hall–Kier alpha value is -2.70. The number of primary amides is 1. The second kappa shape index (κ2) is 7.68. The fraction of sp³-hybridized carbons (Fsp3) is 0.421. The smallest absolute Gasteiger partial charge is 0.248 e. The average molecular weight is 357 g/mol. The number of nitrogens with one attached hydrogen (secondary N) is 1. The van der Waals surface area contributed by atoms with E-state index in [1.807, 2.05) is 13.8 Å². The van der Waals surface area contributed by atoms with Crippen LogP contribution in [0.25, 0.3) is 0 Å². The number of rotatable bonds is 6. The zero-order valence-electron chi connectivity index (χ0n) is 15.1. The summed E-state index contributed by atoms with van der Waals surface area (Å²) in [6.07, 6.45) is 4.59. The van der Waals surface area contributed by atoms with Gasteiger partial charge in [-0.25, -0.2) is 0 Å². The van der Waals surface area contributed by atoms with Crippen molar-refractivity contribution in [1.29, 1.82) is 0 Å². The molecule has 7 heteroatoms. The zero-order chi connectivity index (χ0) is 18.7. The van der Waals surface area contributed by atoms with Crippen LogP contribution in [0.5, 0.6) is 0 Å². The molecule has 0 bridgehead atoms. The molecule has 6 nitrogen and oxygen atoms in total. The van der Waals surface area contributed by atoms with E-state index in [1.54, 1.807) is 18.2 Å². The summed E-state index contributed by atoms with van der Waals surface area (Å²) in [5.74, 6) is -0.357. The Labute approximate surface area is 152 Å². The van der Waals surface area contributed by atoms with Gasteiger partial charge in [0.1, 0.15) is 5.82 Å². The first-order valence-electron chi connectivity index (χ1n) is 8.96. The maximum atomic E-state index is 14.1. The molecule has 0 aliphatic heterocycles. The number of carbonyl (C=O) groups is 1. The molecule has 1 fully saturated rings. The summed E-state index contributed by atoms with van der Waals surface area (Å²) in [5, 5.41) is 3.02. The first-order valence-corrected chi connectivity index (χ1v) is 8.96. The Morgan fingerprint density at radius 2 is 2.04 bits per heavy atom. The van der Waals surface area contributed by atoms with Crippen molar-refractivity contribution in [3.63, 3.8) is 0 Å². The SMILES string of the molecule is CCN(c1cc(F)nc(Nc2cc(C(N)=O)ccc2C)n1)C1CCCC1. The molecule has 0 radical (unpaired) electrons. The van der Waals surface area contributed by atoms with Gasteiger partial charge in [0, 0.05) is 29.9 Å². The maximum Gasteiger partial charge on any atom is 0.248 e. The minimum absolute atomic E-state index is 0.168. The van der Waals surface area contributed by atoms with E-state index in [9.17, 15) is 9.18 Å². The molecule has 1 aromatic heterocycles. The number of hydrogen-bond donors (Lipinski definition) is 2. The fourth-order valence-electron chi connectivity index (χ4n) is 3.46. The molecule has 1 amide bonds. The summed E-state index contributed by atoms with van der Waals surface area (Å²) in [5.41, 5.74) is 7.22. The van der Waals surface area contributed by atoms with Crippen molar-refractivity contribution in [1.82, 2.24) is 9.97 Å². The van der Waals surface area contributed by atoms with Crippen LogP contribution in [0.1, 0.15) is 48.5 Å². The quantitative estimate of drug-likeness (QED) is 0.773. The van der Waals surface area contributed by atoms with E-state index in [1.165, 1.54) is 18.9 Å². The molecular formula is C19H24FN5O. The van der Waals surface area contributed by atoms with Crippen LogP contribution in [0.3, 0.4) is 0 Å². The summed E-state index contributed by atoms with van der Waals surface area (Å²) in [4.78, 5) is 21.9. The van der Waals surface area contributed by atoms with Crippen molar-refractivity contribution < 1.29 is 9.18 Å². The van der Waals surface area contributed by atoms with E-state index in [-0.39, 0.29) is 5.95 Å². The fourth-order valence-corrected chi connectivity index (χ4v) is 3.46. The van der Waals surface area contributed by atoms with Gasteiger partial charge < -0.3 is 16.0 Å². The molecular weight excluding hydrogens is 333 g/mol. The highest BCUT2D eigenvalue weighted by Crippen LogP contribution is 2.28. The van der Waals surface area contributed by atoms with E-state index >= 15 is 0 Å². The van der Waals surface area contributed by atoms with Crippen LogP contribution < -0.4 is 16.0 Å². The molecule has 3 N–H and O–H groups in total. The molecule has 1 saturated carbocycles. The monoisotopic (exact) mass is 357 g/mol. The molecule has 1 heterocycles. The molecule has 138 valence electrons. The van der Waals surface area contributed by atoms with Gasteiger partial charge in [0.2, 0.25) is 17.8 Å². The predicted octanol–water partition coefficient (Wildman–Crippen LogP) is 3.54. The molecule has 1 aliphatic carbocycles. The van der Waals surface area contributed by atoms with Gasteiger partial charge in [0.05, 0.1) is 0 Å². The minimum Gasteiger partial charge on any atom is -0.366 e. The average Bonchev–Trinajstić information content (AvgIpc) is 3.11. The summed E-state index contributed by atoms with van der Waals surface area (Å²) < 4.78 is 14.1. The van der Waals surface area contributed by atoms with Gasteiger partial charge in [-0.3, -0.25) is 4.79 Å². The summed E-state index contributed by atoms with van der Waals surface area (Å²) in [7, 11) is 0. The Balaban J connectivity index is 1.90. The third kappa shape index (κ3) is 3.92. The van der Waals surface area contributed by atoms with Crippen LogP contribution in [-0.4, -0.2) is 28.5 Å². The number of halogens is 1. The van der Waals surface area contributed by atoms with Gasteiger partial charge in [-0.05, 0) is 44.4 Å². The summed E-state index contributed by atoms with van der Waals surface area (Å²) in [6.45, 7) is 4.69. The molecule has 26 heavy (non-hydrogen) atoms. The number of aryl methyl sites for hydroxylation is 1. The molecule has 0 spiro atoms. The lowest BCUT2D eigenvalue weighted by Crippen LogP contribution is -2.34. The van der Waals surface area contributed by atoms with E-state index in [4.69, 9.17) is 5.73 Å². The lowest BCUT2D eigenvalue weighted by molar-refractivity contribution is 0.100. The van der Waals surface area contributed by atoms with Crippen molar-refractivity contribution >= 4 is 23.4 Å². The number of nitrogens with zero attached hydrogens (tertiary/aromatic N) is 3. The van der Waals surface area contributed by atoms with Crippen molar-refractivity contribution in [3.05, 3.63) is 41.3 Å². The third-order valence-corrected chi connectivity index (χ3v) is 4.85. The van der Waals surface area contributed by atoms with Crippen molar-refractivity contribution in [2.45, 2.75) is 45.6 Å². The largest absolute Gasteiger partial charge is 0.366 e. The molecule has 0 atom stereocenters. The Morgan fingerprint density at radius 1 is 1.31 bits per heavy atom. The van der Waals surface area contributed by atoms with Gasteiger partial charge in [-0.15, -0.1) is 0 Å². The van der Waals surface area contributed by atoms with Gasteiger partial charge in [-0.2, -0.15) is 14.4 Å². The van der Waals surface area contributed by atoms with Crippen LogP contribution in [-0.2, 0) is 0 Å². The van der Waals surface area contributed by atoms with Gasteiger partial charge in [0.25, 0.3) is 0 Å². The van der Waals surface area contributed by atoms with Crippen LogP contribution in [0, 0.1) is 12.9 Å². The van der Waals surface area contributed by atoms with Crippen LogP contribution in [0.15, 0.2) is 24.3 Å². The number of benzene rings is 1. The van der Waals surface area contributed by atoms with Crippen molar-refractivity contribution in [2.75, 3.05) is 16.8 Å². The van der Waals surface area contributed by atoms with Gasteiger partial charge in [-0.1, -0.05) is 18.9 Å². The zero-order valence-corrected chi connectivity index (χ0v) is 15.1. The standard InChI is InChI=1S/C19H24FN5O/c1-3-25(14-6-4-5-7-14)17-11-16(20)23-19(24-17)22-15-10-13(18(21)26)9-8-12(15)2/h8-11,14H,3-7H2,1-2H3,(H2,21,26)(H,22,23,24).